The number of nitrogens with zero attached hydrogens (tertiary/aromatic N) is 2. The van der Waals surface area contributed by atoms with Gasteiger partial charge in [0, 0.05) is 29.1 Å². The van der Waals surface area contributed by atoms with Crippen LogP contribution >= 0.6 is 0 Å². The lowest BCUT2D eigenvalue weighted by Crippen LogP contribution is -2.10. The van der Waals surface area contributed by atoms with Crippen molar-refractivity contribution in [3.8, 4) is 23.1 Å². The highest BCUT2D eigenvalue weighted by atomic mass is 16.5. The van der Waals surface area contributed by atoms with E-state index in [1.165, 1.54) is 0 Å². The van der Waals surface area contributed by atoms with Gasteiger partial charge >= 0.3 is 0 Å². The van der Waals surface area contributed by atoms with Gasteiger partial charge in [0.2, 0.25) is 5.91 Å². The molecule has 2 N–H and O–H groups in total. The molecule has 0 radical (unpaired) electrons. The number of methoxy groups -OCH3 is 1. The summed E-state index contributed by atoms with van der Waals surface area (Å²) < 4.78 is 7.36. The van der Waals surface area contributed by atoms with Crippen LogP contribution in [0.15, 0.2) is 42.5 Å². The molecule has 0 aliphatic rings. The number of rotatable bonds is 4. The molecule has 0 fully saturated rings. The van der Waals surface area contributed by atoms with Crippen molar-refractivity contribution in [3.63, 3.8) is 0 Å². The summed E-state index contributed by atoms with van der Waals surface area (Å²) in [5.41, 5.74) is 8.88. The maximum Gasteiger partial charge on any atom is 0.248 e. The molecular weight excluding hydrogens is 302 g/mol. The van der Waals surface area contributed by atoms with E-state index in [9.17, 15) is 10.1 Å². The predicted molar refractivity (Wildman–Crippen MR) is 92.8 cm³/mol. The number of fused-ring (bicyclic) bond motifs is 1. The first-order chi connectivity index (χ1) is 11.6. The Morgan fingerprint density at radius 1 is 1.29 bits per heavy atom. The minimum absolute atomic E-state index is 0.418. The van der Waals surface area contributed by atoms with Gasteiger partial charge in [-0.05, 0) is 31.2 Å². The number of amides is 1. The number of carbonyl (C=O) groups excluding carboxylic acids is 1. The van der Waals surface area contributed by atoms with Crippen LogP contribution in [-0.2, 0) is 6.54 Å². The molecule has 1 amide bonds. The Bertz CT molecular complexity index is 980. The van der Waals surface area contributed by atoms with Crippen molar-refractivity contribution in [2.45, 2.75) is 13.5 Å². The van der Waals surface area contributed by atoms with E-state index in [1.807, 2.05) is 31.2 Å². The van der Waals surface area contributed by atoms with Crippen LogP contribution in [0, 0.1) is 11.3 Å². The van der Waals surface area contributed by atoms with E-state index in [0.717, 1.165) is 27.9 Å². The molecule has 3 aromatic rings. The Morgan fingerprint density at radius 3 is 2.71 bits per heavy atom. The fraction of sp³-hybridized carbons (Fsp3) is 0.158. The number of nitriles is 1. The highest BCUT2D eigenvalue weighted by Crippen LogP contribution is 2.35. The molecule has 0 spiro atoms. The minimum atomic E-state index is -0.490. The number of aryl methyl sites for hydroxylation is 1. The molecule has 0 atom stereocenters. The van der Waals surface area contributed by atoms with Crippen LogP contribution in [-0.4, -0.2) is 17.6 Å². The Kier molecular flexibility index (Phi) is 3.97. The largest absolute Gasteiger partial charge is 0.497 e. The molecule has 5 heteroatoms. The third-order valence-corrected chi connectivity index (χ3v) is 4.12. The number of aromatic nitrogens is 1. The number of hydrogen-bond acceptors (Lipinski definition) is 3. The maximum absolute atomic E-state index is 11.5. The van der Waals surface area contributed by atoms with Gasteiger partial charge in [-0.3, -0.25) is 4.79 Å². The molecule has 120 valence electrons. The fourth-order valence-corrected chi connectivity index (χ4v) is 3.02. The van der Waals surface area contributed by atoms with Gasteiger partial charge in [-0.2, -0.15) is 5.26 Å². The van der Waals surface area contributed by atoms with Crippen molar-refractivity contribution in [1.29, 1.82) is 5.26 Å². The summed E-state index contributed by atoms with van der Waals surface area (Å²) in [6.07, 6.45) is 0. The van der Waals surface area contributed by atoms with Gasteiger partial charge in [-0.15, -0.1) is 0 Å². The van der Waals surface area contributed by atoms with E-state index in [0.29, 0.717) is 17.7 Å². The third-order valence-electron chi connectivity index (χ3n) is 4.12. The van der Waals surface area contributed by atoms with Crippen molar-refractivity contribution in [3.05, 3.63) is 53.6 Å². The Morgan fingerprint density at radius 2 is 2.08 bits per heavy atom. The number of nitrogens with two attached hydrogens (primary N) is 1. The number of primary amides is 1. The highest BCUT2D eigenvalue weighted by Gasteiger charge is 2.19. The number of carbonyl (C=O) groups is 1. The summed E-state index contributed by atoms with van der Waals surface area (Å²) in [6, 6.07) is 15.0. The van der Waals surface area contributed by atoms with E-state index < -0.39 is 5.91 Å². The second-order valence-corrected chi connectivity index (χ2v) is 5.41. The van der Waals surface area contributed by atoms with Crippen LogP contribution in [0.1, 0.15) is 22.8 Å². The average molecular weight is 319 g/mol. The van der Waals surface area contributed by atoms with Gasteiger partial charge < -0.3 is 15.0 Å². The van der Waals surface area contributed by atoms with Crippen molar-refractivity contribution in [2.75, 3.05) is 7.11 Å². The van der Waals surface area contributed by atoms with E-state index in [-0.39, 0.29) is 0 Å². The number of hydrogen-bond donors (Lipinski definition) is 1. The first-order valence-electron chi connectivity index (χ1n) is 7.61. The lowest BCUT2D eigenvalue weighted by molar-refractivity contribution is 0.100. The molecule has 3 rings (SSSR count). The van der Waals surface area contributed by atoms with Crippen LogP contribution in [0.25, 0.3) is 22.2 Å². The Hall–Kier alpha value is -3.26. The molecule has 24 heavy (non-hydrogen) atoms. The summed E-state index contributed by atoms with van der Waals surface area (Å²) in [4.78, 5) is 11.5. The van der Waals surface area contributed by atoms with Gasteiger partial charge in [0.15, 0.2) is 0 Å². The van der Waals surface area contributed by atoms with Gasteiger partial charge in [-0.1, -0.05) is 12.1 Å². The van der Waals surface area contributed by atoms with Crippen molar-refractivity contribution in [1.82, 2.24) is 4.57 Å². The molecular formula is C19H17N3O2. The lowest BCUT2D eigenvalue weighted by atomic mass is 10.0. The molecule has 0 aliphatic carbocycles. The summed E-state index contributed by atoms with van der Waals surface area (Å²) >= 11 is 0. The zero-order chi connectivity index (χ0) is 17.3. The lowest BCUT2D eigenvalue weighted by Gasteiger charge is -2.10. The van der Waals surface area contributed by atoms with Crippen LogP contribution in [0.5, 0.6) is 5.75 Å². The van der Waals surface area contributed by atoms with E-state index in [4.69, 9.17) is 10.5 Å². The molecule has 0 saturated heterocycles. The van der Waals surface area contributed by atoms with Gasteiger partial charge in [0.1, 0.15) is 11.8 Å². The van der Waals surface area contributed by atoms with E-state index >= 15 is 0 Å². The van der Waals surface area contributed by atoms with Gasteiger partial charge in [0.05, 0.1) is 23.9 Å². The van der Waals surface area contributed by atoms with Crippen LogP contribution in [0.2, 0.25) is 0 Å². The summed E-state index contributed by atoms with van der Waals surface area (Å²) in [7, 11) is 1.61. The second kappa shape index (κ2) is 6.09. The van der Waals surface area contributed by atoms with Crippen LogP contribution in [0.3, 0.4) is 0 Å². The summed E-state index contributed by atoms with van der Waals surface area (Å²) in [5.74, 6) is 0.243. The third kappa shape index (κ3) is 2.38. The van der Waals surface area contributed by atoms with Crippen molar-refractivity contribution >= 4 is 16.8 Å². The summed E-state index contributed by atoms with van der Waals surface area (Å²) in [5, 5.41) is 10.6. The molecule has 0 saturated carbocycles. The Labute approximate surface area is 139 Å². The molecule has 0 aliphatic heterocycles. The van der Waals surface area contributed by atoms with E-state index in [2.05, 4.69) is 10.6 Å². The van der Waals surface area contributed by atoms with Crippen LogP contribution < -0.4 is 10.5 Å². The fourth-order valence-electron chi connectivity index (χ4n) is 3.02. The van der Waals surface area contributed by atoms with Gasteiger partial charge in [0.25, 0.3) is 0 Å². The molecule has 5 nitrogen and oxygen atoms in total. The molecule has 0 unspecified atom stereocenters. The van der Waals surface area contributed by atoms with Crippen molar-refractivity contribution < 1.29 is 9.53 Å². The smallest absolute Gasteiger partial charge is 0.248 e. The monoisotopic (exact) mass is 319 g/mol. The average Bonchev–Trinajstić information content (AvgIpc) is 2.94. The topological polar surface area (TPSA) is 81.0 Å². The standard InChI is InChI=1S/C19H17N3O2/c1-3-22-17-10-14(24-2)7-8-15(17)16(11-20)18(22)12-5-4-6-13(9-12)19(21)23/h4-10H,3H2,1-2H3,(H2,21,23). The predicted octanol–water partition coefficient (Wildman–Crippen LogP) is 3.31. The maximum atomic E-state index is 11.5. The second-order valence-electron chi connectivity index (χ2n) is 5.41. The first kappa shape index (κ1) is 15.6. The molecule has 0 bridgehead atoms. The van der Waals surface area contributed by atoms with Crippen LogP contribution in [0.4, 0.5) is 0 Å². The molecule has 1 aromatic heterocycles. The zero-order valence-corrected chi connectivity index (χ0v) is 13.5. The summed E-state index contributed by atoms with van der Waals surface area (Å²) in [6.45, 7) is 2.70. The van der Waals surface area contributed by atoms with E-state index in [1.54, 1.807) is 25.3 Å². The number of ether oxygens (including phenoxy) is 1. The Balaban J connectivity index is 2.37. The molecule has 2 aromatic carbocycles. The normalized spacial score (nSPS) is 10.5. The molecule has 1 heterocycles. The first-order valence-corrected chi connectivity index (χ1v) is 7.61. The van der Waals surface area contributed by atoms with Gasteiger partial charge in [-0.25, -0.2) is 0 Å². The quantitative estimate of drug-likeness (QED) is 0.801. The minimum Gasteiger partial charge on any atom is -0.497 e. The van der Waals surface area contributed by atoms with Crippen molar-refractivity contribution in [2.24, 2.45) is 5.73 Å². The zero-order valence-electron chi connectivity index (χ0n) is 13.5. The number of benzene rings is 2. The SMILES string of the molecule is CCn1c(-c2cccc(C(N)=O)c2)c(C#N)c2ccc(OC)cc21. The highest BCUT2D eigenvalue weighted by molar-refractivity contribution is 5.97.